The second-order valence-corrected chi connectivity index (χ2v) is 6.92. The number of fused-ring (bicyclic) bond motifs is 1. The highest BCUT2D eigenvalue weighted by molar-refractivity contribution is 5.66. The first-order valence-corrected chi connectivity index (χ1v) is 9.02. The monoisotopic (exact) mass is 350 g/mol. The molecular formula is C21H23FN4. The summed E-state index contributed by atoms with van der Waals surface area (Å²) in [5.41, 5.74) is 12.9. The highest BCUT2D eigenvalue weighted by Crippen LogP contribution is 2.29. The van der Waals surface area contributed by atoms with E-state index >= 15 is 0 Å². The summed E-state index contributed by atoms with van der Waals surface area (Å²) in [6, 6.07) is 13.2. The van der Waals surface area contributed by atoms with E-state index in [4.69, 9.17) is 10.8 Å². The van der Waals surface area contributed by atoms with Gasteiger partial charge in [-0.15, -0.1) is 0 Å². The van der Waals surface area contributed by atoms with E-state index in [1.807, 2.05) is 36.4 Å². The number of nitrogen functional groups attached to an aromatic ring is 1. The second kappa shape index (κ2) is 6.92. The van der Waals surface area contributed by atoms with E-state index in [1.54, 1.807) is 6.92 Å². The first-order valence-electron chi connectivity index (χ1n) is 9.02. The summed E-state index contributed by atoms with van der Waals surface area (Å²) in [5, 5.41) is 8.41. The standard InChI is InChI=1S/C21H23FN4/c1-14-11-15(4-9-19(14)22)13-26-20-3-2-10-24-12-18(20)21(25-26)16-5-7-17(23)8-6-16/h4-9,11,24H,2-3,10,12-13,23H2,1H3. The number of aryl methyl sites for hydroxylation is 1. The van der Waals surface area contributed by atoms with Gasteiger partial charge >= 0.3 is 0 Å². The first kappa shape index (κ1) is 16.8. The number of benzene rings is 2. The molecule has 4 nitrogen and oxygen atoms in total. The molecule has 2 heterocycles. The lowest BCUT2D eigenvalue weighted by Gasteiger charge is -2.08. The molecule has 0 fully saturated rings. The molecule has 2 aromatic carbocycles. The number of nitrogens with one attached hydrogen (secondary N) is 1. The van der Waals surface area contributed by atoms with E-state index in [9.17, 15) is 4.39 Å². The normalized spacial score (nSPS) is 14.1. The smallest absolute Gasteiger partial charge is 0.126 e. The van der Waals surface area contributed by atoms with Crippen LogP contribution in [-0.4, -0.2) is 16.3 Å². The van der Waals surface area contributed by atoms with E-state index in [2.05, 4.69) is 10.00 Å². The average Bonchev–Trinajstić information content (AvgIpc) is 2.81. The Labute approximate surface area is 152 Å². The fourth-order valence-electron chi connectivity index (χ4n) is 3.58. The molecule has 0 atom stereocenters. The molecule has 0 saturated heterocycles. The lowest BCUT2D eigenvalue weighted by Crippen LogP contribution is -2.12. The van der Waals surface area contributed by atoms with Gasteiger partial charge in [-0.1, -0.05) is 24.3 Å². The summed E-state index contributed by atoms with van der Waals surface area (Å²) in [6.07, 6.45) is 2.08. The van der Waals surface area contributed by atoms with Crippen molar-refractivity contribution in [2.24, 2.45) is 0 Å². The van der Waals surface area contributed by atoms with Crippen molar-refractivity contribution in [3.63, 3.8) is 0 Å². The molecule has 1 aliphatic heterocycles. The minimum absolute atomic E-state index is 0.167. The van der Waals surface area contributed by atoms with Crippen molar-refractivity contribution in [3.05, 3.63) is 70.7 Å². The molecule has 0 radical (unpaired) electrons. The Balaban J connectivity index is 1.76. The van der Waals surface area contributed by atoms with E-state index in [1.165, 1.54) is 17.3 Å². The van der Waals surface area contributed by atoms with Gasteiger partial charge in [-0.05, 0) is 55.6 Å². The Morgan fingerprint density at radius 2 is 2.00 bits per heavy atom. The maximum absolute atomic E-state index is 13.6. The predicted octanol–water partition coefficient (Wildman–Crippen LogP) is 3.66. The predicted molar refractivity (Wildman–Crippen MR) is 102 cm³/mol. The van der Waals surface area contributed by atoms with Crippen molar-refractivity contribution in [1.29, 1.82) is 0 Å². The maximum atomic E-state index is 13.6. The number of hydrogen-bond acceptors (Lipinski definition) is 3. The molecule has 0 aliphatic carbocycles. The zero-order valence-corrected chi connectivity index (χ0v) is 14.9. The second-order valence-electron chi connectivity index (χ2n) is 6.92. The molecule has 26 heavy (non-hydrogen) atoms. The van der Waals surface area contributed by atoms with Gasteiger partial charge in [0, 0.05) is 29.1 Å². The van der Waals surface area contributed by atoms with Gasteiger partial charge in [-0.2, -0.15) is 5.10 Å². The number of hydrogen-bond donors (Lipinski definition) is 2. The molecule has 134 valence electrons. The van der Waals surface area contributed by atoms with Gasteiger partial charge in [0.25, 0.3) is 0 Å². The van der Waals surface area contributed by atoms with Crippen LogP contribution in [0.5, 0.6) is 0 Å². The number of nitrogens with two attached hydrogens (primary N) is 1. The van der Waals surface area contributed by atoms with Crippen LogP contribution >= 0.6 is 0 Å². The third-order valence-electron chi connectivity index (χ3n) is 4.97. The molecule has 0 amide bonds. The highest BCUT2D eigenvalue weighted by atomic mass is 19.1. The fourth-order valence-corrected chi connectivity index (χ4v) is 3.58. The lowest BCUT2D eigenvalue weighted by molar-refractivity contribution is 0.609. The number of rotatable bonds is 3. The van der Waals surface area contributed by atoms with Crippen LogP contribution in [0.15, 0.2) is 42.5 Å². The Kier molecular flexibility index (Phi) is 4.47. The molecule has 0 saturated carbocycles. The van der Waals surface area contributed by atoms with Crippen LogP contribution in [0.4, 0.5) is 10.1 Å². The minimum atomic E-state index is -0.167. The minimum Gasteiger partial charge on any atom is -0.399 e. The number of anilines is 1. The van der Waals surface area contributed by atoms with Crippen LogP contribution in [0.25, 0.3) is 11.3 Å². The largest absolute Gasteiger partial charge is 0.399 e. The van der Waals surface area contributed by atoms with Gasteiger partial charge < -0.3 is 11.1 Å². The average molecular weight is 350 g/mol. The molecule has 3 aromatic rings. The Hall–Kier alpha value is -2.66. The summed E-state index contributed by atoms with van der Waals surface area (Å²) in [4.78, 5) is 0. The Morgan fingerprint density at radius 3 is 2.77 bits per heavy atom. The van der Waals surface area contributed by atoms with Crippen molar-refractivity contribution in [1.82, 2.24) is 15.1 Å². The van der Waals surface area contributed by atoms with E-state index in [0.717, 1.165) is 48.4 Å². The first-order chi connectivity index (χ1) is 12.6. The van der Waals surface area contributed by atoms with Crippen LogP contribution in [-0.2, 0) is 19.5 Å². The van der Waals surface area contributed by atoms with E-state index < -0.39 is 0 Å². The summed E-state index contributed by atoms with van der Waals surface area (Å²) < 4.78 is 15.7. The number of halogens is 1. The maximum Gasteiger partial charge on any atom is 0.126 e. The molecule has 1 aliphatic rings. The topological polar surface area (TPSA) is 55.9 Å². The van der Waals surface area contributed by atoms with Crippen LogP contribution in [0.1, 0.15) is 28.8 Å². The summed E-state index contributed by atoms with van der Waals surface area (Å²) >= 11 is 0. The van der Waals surface area contributed by atoms with Crippen molar-refractivity contribution < 1.29 is 4.39 Å². The number of aromatic nitrogens is 2. The Bertz CT molecular complexity index is 928. The van der Waals surface area contributed by atoms with Gasteiger partial charge in [0.05, 0.1) is 12.2 Å². The van der Waals surface area contributed by atoms with Crippen LogP contribution in [0.3, 0.4) is 0 Å². The van der Waals surface area contributed by atoms with Crippen LogP contribution in [0.2, 0.25) is 0 Å². The van der Waals surface area contributed by atoms with Gasteiger partial charge in [0.2, 0.25) is 0 Å². The molecule has 0 unspecified atom stereocenters. The number of nitrogens with zero attached hydrogens (tertiary/aromatic N) is 2. The van der Waals surface area contributed by atoms with Gasteiger partial charge in [0.1, 0.15) is 5.82 Å². The summed E-state index contributed by atoms with van der Waals surface area (Å²) in [7, 11) is 0. The molecular weight excluding hydrogens is 327 g/mol. The third kappa shape index (κ3) is 3.22. The Morgan fingerprint density at radius 1 is 1.19 bits per heavy atom. The lowest BCUT2D eigenvalue weighted by atomic mass is 10.0. The summed E-state index contributed by atoms with van der Waals surface area (Å²) in [6.45, 7) is 4.27. The molecule has 3 N–H and O–H groups in total. The zero-order chi connectivity index (χ0) is 18.1. The SMILES string of the molecule is Cc1cc(Cn2nc(-c3ccc(N)cc3)c3c2CCCNC3)ccc1F. The molecule has 5 heteroatoms. The van der Waals surface area contributed by atoms with Gasteiger partial charge in [0.15, 0.2) is 0 Å². The molecule has 4 rings (SSSR count). The molecule has 0 bridgehead atoms. The van der Waals surface area contributed by atoms with Crippen molar-refractivity contribution in [2.75, 3.05) is 12.3 Å². The van der Waals surface area contributed by atoms with Gasteiger partial charge in [-0.3, -0.25) is 4.68 Å². The van der Waals surface area contributed by atoms with Crippen molar-refractivity contribution in [2.45, 2.75) is 32.9 Å². The van der Waals surface area contributed by atoms with Crippen LogP contribution in [0, 0.1) is 12.7 Å². The fraction of sp³-hybridized carbons (Fsp3) is 0.286. The van der Waals surface area contributed by atoms with Gasteiger partial charge in [-0.25, -0.2) is 4.39 Å². The zero-order valence-electron chi connectivity index (χ0n) is 14.9. The molecule has 0 spiro atoms. The van der Waals surface area contributed by atoms with Crippen molar-refractivity contribution in [3.8, 4) is 11.3 Å². The highest BCUT2D eigenvalue weighted by Gasteiger charge is 2.20. The molecule has 1 aromatic heterocycles. The van der Waals surface area contributed by atoms with E-state index in [-0.39, 0.29) is 5.82 Å². The summed E-state index contributed by atoms with van der Waals surface area (Å²) in [5.74, 6) is -0.167. The quantitative estimate of drug-likeness (QED) is 0.709. The third-order valence-corrected chi connectivity index (χ3v) is 4.97. The van der Waals surface area contributed by atoms with Crippen molar-refractivity contribution >= 4 is 5.69 Å². The van der Waals surface area contributed by atoms with E-state index in [0.29, 0.717) is 12.1 Å². The van der Waals surface area contributed by atoms with Crippen LogP contribution < -0.4 is 11.1 Å².